The molecule has 0 fully saturated rings. The van der Waals surface area contributed by atoms with Crippen molar-refractivity contribution in [2.75, 3.05) is 0 Å². The van der Waals surface area contributed by atoms with Gasteiger partial charge in [0.05, 0.1) is 15.9 Å². The Kier molecular flexibility index (Phi) is 2.27. The molecule has 0 unspecified atom stereocenters. The first-order valence-corrected chi connectivity index (χ1v) is 6.01. The summed E-state index contributed by atoms with van der Waals surface area (Å²) in [5, 5.41) is 5.32. The van der Waals surface area contributed by atoms with E-state index >= 15 is 0 Å². The van der Waals surface area contributed by atoms with Crippen molar-refractivity contribution in [2.24, 2.45) is 7.05 Å². The average Bonchev–Trinajstić information content (AvgIpc) is 2.90. The van der Waals surface area contributed by atoms with Crippen LogP contribution >= 0.6 is 22.9 Å². The lowest BCUT2D eigenvalue weighted by molar-refractivity contribution is 0.768. The topological polar surface area (TPSA) is 63.6 Å². The van der Waals surface area contributed by atoms with Crippen LogP contribution in [0.25, 0.3) is 20.8 Å². The summed E-state index contributed by atoms with van der Waals surface area (Å²) >= 11 is 7.40. The molecule has 3 aromatic rings. The zero-order chi connectivity index (χ0) is 12.0. The van der Waals surface area contributed by atoms with Gasteiger partial charge in [0.1, 0.15) is 10.5 Å². The fourth-order valence-corrected chi connectivity index (χ4v) is 2.76. The highest BCUT2D eigenvalue weighted by Gasteiger charge is 2.12. The van der Waals surface area contributed by atoms with Gasteiger partial charge in [0, 0.05) is 25.0 Å². The quantitative estimate of drug-likeness (QED) is 0.733. The van der Waals surface area contributed by atoms with Crippen molar-refractivity contribution in [2.45, 2.75) is 0 Å². The molecule has 1 N–H and O–H groups in total. The zero-order valence-electron chi connectivity index (χ0n) is 8.77. The van der Waals surface area contributed by atoms with E-state index in [2.05, 4.69) is 15.1 Å². The number of pyridine rings is 1. The van der Waals surface area contributed by atoms with Gasteiger partial charge in [-0.25, -0.2) is 4.98 Å². The lowest BCUT2D eigenvalue weighted by Gasteiger charge is -1.88. The van der Waals surface area contributed by atoms with Gasteiger partial charge >= 0.3 is 0 Å². The number of aromatic nitrogens is 4. The van der Waals surface area contributed by atoms with E-state index in [1.54, 1.807) is 10.9 Å². The molecule has 3 heterocycles. The van der Waals surface area contributed by atoms with Gasteiger partial charge in [-0.2, -0.15) is 5.10 Å². The number of nitrogens with zero attached hydrogens (tertiary/aromatic N) is 3. The summed E-state index contributed by atoms with van der Waals surface area (Å²) in [4.78, 5) is 18.4. The molecule has 0 aromatic carbocycles. The Balaban J connectivity index is 2.30. The lowest BCUT2D eigenvalue weighted by Crippen LogP contribution is -2.04. The Morgan fingerprint density at radius 1 is 1.53 bits per heavy atom. The molecule has 5 nitrogen and oxygen atoms in total. The van der Waals surface area contributed by atoms with E-state index in [9.17, 15) is 4.79 Å². The molecule has 0 aliphatic carbocycles. The number of aromatic amines is 1. The number of aryl methyl sites for hydroxylation is 1. The lowest BCUT2D eigenvalue weighted by atomic mass is 10.4. The van der Waals surface area contributed by atoms with Crippen LogP contribution in [0.15, 0.2) is 23.4 Å². The first-order chi connectivity index (χ1) is 8.15. The Labute approximate surface area is 105 Å². The molecule has 0 radical (unpaired) electrons. The maximum atomic E-state index is 11.6. The first kappa shape index (κ1) is 10.5. The summed E-state index contributed by atoms with van der Waals surface area (Å²) in [6.07, 6.45) is 5.04. The van der Waals surface area contributed by atoms with Gasteiger partial charge in [0.25, 0.3) is 5.56 Å². The molecule has 0 saturated carbocycles. The van der Waals surface area contributed by atoms with Crippen LogP contribution in [-0.2, 0) is 7.05 Å². The third-order valence-corrected chi connectivity index (χ3v) is 3.89. The molecule has 3 aromatic heterocycles. The van der Waals surface area contributed by atoms with Crippen LogP contribution in [0.2, 0.25) is 5.02 Å². The Bertz CT molecular complexity index is 757. The molecule has 86 valence electrons. The summed E-state index contributed by atoms with van der Waals surface area (Å²) in [6, 6.07) is 0. The van der Waals surface area contributed by atoms with E-state index in [1.807, 2.05) is 13.2 Å². The van der Waals surface area contributed by atoms with Crippen LogP contribution in [-0.4, -0.2) is 19.7 Å². The predicted molar refractivity (Wildman–Crippen MR) is 67.5 cm³/mol. The first-order valence-electron chi connectivity index (χ1n) is 4.82. The van der Waals surface area contributed by atoms with Crippen molar-refractivity contribution in [1.29, 1.82) is 0 Å². The highest BCUT2D eigenvalue weighted by Crippen LogP contribution is 2.31. The number of nitrogens with one attached hydrogen (secondary N) is 1. The van der Waals surface area contributed by atoms with Crippen LogP contribution in [0.5, 0.6) is 0 Å². The predicted octanol–water partition coefficient (Wildman–Crippen LogP) is 2.04. The largest absolute Gasteiger partial charge is 0.326 e. The summed E-state index contributed by atoms with van der Waals surface area (Å²) in [7, 11) is 1.83. The molecular weight excluding hydrogens is 260 g/mol. The Morgan fingerprint density at radius 2 is 2.35 bits per heavy atom. The molecule has 0 spiro atoms. The van der Waals surface area contributed by atoms with Crippen molar-refractivity contribution < 1.29 is 0 Å². The van der Waals surface area contributed by atoms with Crippen LogP contribution in [0.1, 0.15) is 0 Å². The van der Waals surface area contributed by atoms with Crippen LogP contribution in [0.3, 0.4) is 0 Å². The number of halogens is 1. The van der Waals surface area contributed by atoms with Gasteiger partial charge in [-0.15, -0.1) is 11.3 Å². The molecule has 0 aliphatic heterocycles. The summed E-state index contributed by atoms with van der Waals surface area (Å²) < 4.78 is 2.39. The normalized spacial score (nSPS) is 11.2. The molecule has 7 heteroatoms. The fraction of sp³-hybridized carbons (Fsp3) is 0.100. The minimum Gasteiger partial charge on any atom is -0.326 e. The van der Waals surface area contributed by atoms with E-state index in [4.69, 9.17) is 11.6 Å². The second-order valence-corrected chi connectivity index (χ2v) is 4.97. The number of fused-ring (bicyclic) bond motifs is 1. The van der Waals surface area contributed by atoms with Crippen molar-refractivity contribution in [3.8, 4) is 10.6 Å². The van der Waals surface area contributed by atoms with Crippen LogP contribution in [0.4, 0.5) is 0 Å². The molecule has 0 saturated heterocycles. The van der Waals surface area contributed by atoms with Crippen molar-refractivity contribution >= 4 is 33.2 Å². The SMILES string of the molecule is Cn1cc(-c2nc3c(=O)[nH]cc(Cl)c3s2)cn1. The number of hydrogen-bond acceptors (Lipinski definition) is 4. The molecule has 3 rings (SSSR count). The van der Waals surface area contributed by atoms with E-state index in [0.717, 1.165) is 10.6 Å². The molecule has 17 heavy (non-hydrogen) atoms. The smallest absolute Gasteiger partial charge is 0.275 e. The highest BCUT2D eigenvalue weighted by molar-refractivity contribution is 7.22. The Morgan fingerprint density at radius 3 is 3.00 bits per heavy atom. The number of H-pyrrole nitrogens is 1. The maximum absolute atomic E-state index is 11.6. The summed E-state index contributed by atoms with van der Waals surface area (Å²) in [5.41, 5.74) is 1.03. The van der Waals surface area contributed by atoms with Crippen molar-refractivity contribution in [3.05, 3.63) is 34.0 Å². The second kappa shape index (κ2) is 3.68. The maximum Gasteiger partial charge on any atom is 0.275 e. The van der Waals surface area contributed by atoms with Gasteiger partial charge in [0.2, 0.25) is 0 Å². The van der Waals surface area contributed by atoms with Crippen molar-refractivity contribution in [3.63, 3.8) is 0 Å². The summed E-state index contributed by atoms with van der Waals surface area (Å²) in [5.74, 6) is 0. The minimum absolute atomic E-state index is 0.226. The van der Waals surface area contributed by atoms with Gasteiger partial charge in [-0.1, -0.05) is 11.6 Å². The number of thiazole rings is 1. The molecule has 0 amide bonds. The molecular formula is C10H7ClN4OS. The van der Waals surface area contributed by atoms with Gasteiger partial charge in [-0.05, 0) is 0 Å². The number of rotatable bonds is 1. The average molecular weight is 267 g/mol. The van der Waals surface area contributed by atoms with Crippen LogP contribution in [0, 0.1) is 0 Å². The molecule has 0 atom stereocenters. The molecule has 0 aliphatic rings. The summed E-state index contributed by atoms with van der Waals surface area (Å²) in [6.45, 7) is 0. The number of hydrogen-bond donors (Lipinski definition) is 1. The van der Waals surface area contributed by atoms with E-state index in [0.29, 0.717) is 15.2 Å². The van der Waals surface area contributed by atoms with E-state index < -0.39 is 0 Å². The van der Waals surface area contributed by atoms with Gasteiger partial charge in [-0.3, -0.25) is 9.48 Å². The van der Waals surface area contributed by atoms with E-state index in [-0.39, 0.29) is 5.56 Å². The second-order valence-electron chi connectivity index (χ2n) is 3.57. The van der Waals surface area contributed by atoms with E-state index in [1.165, 1.54) is 17.5 Å². The minimum atomic E-state index is -0.226. The third kappa shape index (κ3) is 1.65. The van der Waals surface area contributed by atoms with Crippen LogP contribution < -0.4 is 5.56 Å². The molecule has 0 bridgehead atoms. The van der Waals surface area contributed by atoms with Crippen molar-refractivity contribution in [1.82, 2.24) is 19.7 Å². The highest BCUT2D eigenvalue weighted by atomic mass is 35.5. The standard InChI is InChI=1S/C10H7ClN4OS/c1-15-4-5(2-13-15)10-14-7-8(17-10)6(11)3-12-9(7)16/h2-4H,1H3,(H,12,16). The third-order valence-electron chi connectivity index (χ3n) is 2.34. The zero-order valence-corrected chi connectivity index (χ0v) is 10.3. The monoisotopic (exact) mass is 266 g/mol. The van der Waals surface area contributed by atoms with Gasteiger partial charge < -0.3 is 4.98 Å². The Hall–Kier alpha value is -1.66. The fourth-order valence-electron chi connectivity index (χ4n) is 1.55. The van der Waals surface area contributed by atoms with Gasteiger partial charge in [0.15, 0.2) is 0 Å².